The van der Waals surface area contributed by atoms with E-state index >= 15 is 0 Å². The van der Waals surface area contributed by atoms with Gasteiger partial charge in [0.2, 0.25) is 0 Å². The van der Waals surface area contributed by atoms with Crippen LogP contribution in [0.5, 0.6) is 5.75 Å². The molecular formula is C16H14ClFO3. The zero-order chi connectivity index (χ0) is 15.6. The van der Waals surface area contributed by atoms with Gasteiger partial charge in [0.25, 0.3) is 0 Å². The number of ether oxygens (including phenoxy) is 1. The summed E-state index contributed by atoms with van der Waals surface area (Å²) in [5.74, 6) is -1.18. The topological polar surface area (TPSA) is 46.5 Å². The molecule has 0 radical (unpaired) electrons. The van der Waals surface area contributed by atoms with Crippen molar-refractivity contribution in [2.75, 3.05) is 0 Å². The van der Waals surface area contributed by atoms with Crippen LogP contribution in [-0.4, -0.2) is 11.1 Å². The second-order valence-corrected chi connectivity index (χ2v) is 5.14. The van der Waals surface area contributed by atoms with Crippen LogP contribution in [0, 0.1) is 19.7 Å². The highest BCUT2D eigenvalue weighted by Crippen LogP contribution is 2.26. The van der Waals surface area contributed by atoms with Crippen LogP contribution in [0.3, 0.4) is 0 Å². The van der Waals surface area contributed by atoms with Gasteiger partial charge in [0, 0.05) is 10.6 Å². The summed E-state index contributed by atoms with van der Waals surface area (Å²) in [6, 6.07) is 7.16. The minimum atomic E-state index is -1.18. The minimum absolute atomic E-state index is 0.0441. The van der Waals surface area contributed by atoms with Crippen molar-refractivity contribution in [3.63, 3.8) is 0 Å². The SMILES string of the molecule is Cc1cc(OCc2ccc(F)cc2C(=O)O)cc(C)c1Cl. The van der Waals surface area contributed by atoms with Crippen LogP contribution in [0.2, 0.25) is 5.02 Å². The number of carbonyl (C=O) groups is 1. The van der Waals surface area contributed by atoms with E-state index in [2.05, 4.69) is 0 Å². The van der Waals surface area contributed by atoms with Crippen LogP contribution < -0.4 is 4.74 Å². The van der Waals surface area contributed by atoms with Gasteiger partial charge in [-0.2, -0.15) is 0 Å². The lowest BCUT2D eigenvalue weighted by Crippen LogP contribution is -2.06. The maximum Gasteiger partial charge on any atom is 0.336 e. The molecule has 0 aliphatic heterocycles. The van der Waals surface area contributed by atoms with Gasteiger partial charge in [-0.05, 0) is 49.2 Å². The van der Waals surface area contributed by atoms with Crippen molar-refractivity contribution >= 4 is 17.6 Å². The smallest absolute Gasteiger partial charge is 0.336 e. The molecule has 0 bridgehead atoms. The first-order valence-electron chi connectivity index (χ1n) is 6.29. The van der Waals surface area contributed by atoms with Gasteiger partial charge in [0.05, 0.1) is 5.56 Å². The predicted molar refractivity (Wildman–Crippen MR) is 78.6 cm³/mol. The fourth-order valence-corrected chi connectivity index (χ4v) is 2.13. The lowest BCUT2D eigenvalue weighted by Gasteiger charge is -2.11. The number of halogens is 2. The molecule has 0 saturated heterocycles. The third kappa shape index (κ3) is 3.52. The molecule has 0 aromatic heterocycles. The number of carboxylic acid groups (broad SMARTS) is 1. The van der Waals surface area contributed by atoms with Crippen LogP contribution in [0.15, 0.2) is 30.3 Å². The Morgan fingerprint density at radius 1 is 1.24 bits per heavy atom. The van der Waals surface area contributed by atoms with E-state index in [0.29, 0.717) is 16.3 Å². The van der Waals surface area contributed by atoms with E-state index in [9.17, 15) is 9.18 Å². The molecule has 0 atom stereocenters. The molecule has 110 valence electrons. The number of carboxylic acids is 1. The maximum atomic E-state index is 13.1. The maximum absolute atomic E-state index is 13.1. The van der Waals surface area contributed by atoms with Crippen LogP contribution in [0.1, 0.15) is 27.0 Å². The molecular weight excluding hydrogens is 295 g/mol. The van der Waals surface area contributed by atoms with Gasteiger partial charge in [-0.25, -0.2) is 9.18 Å². The monoisotopic (exact) mass is 308 g/mol. The summed E-state index contributed by atoms with van der Waals surface area (Å²) in [6.07, 6.45) is 0. The molecule has 0 amide bonds. The Morgan fingerprint density at radius 3 is 2.43 bits per heavy atom. The first-order valence-corrected chi connectivity index (χ1v) is 6.67. The molecule has 0 saturated carbocycles. The van der Waals surface area contributed by atoms with Gasteiger partial charge in [-0.15, -0.1) is 0 Å². The van der Waals surface area contributed by atoms with Crippen molar-refractivity contribution in [2.24, 2.45) is 0 Å². The lowest BCUT2D eigenvalue weighted by atomic mass is 10.1. The molecule has 2 rings (SSSR count). The minimum Gasteiger partial charge on any atom is -0.489 e. The van der Waals surface area contributed by atoms with E-state index in [0.717, 1.165) is 17.2 Å². The normalized spacial score (nSPS) is 10.5. The van der Waals surface area contributed by atoms with Crippen LogP contribution in [0.25, 0.3) is 0 Å². The fourth-order valence-electron chi connectivity index (χ4n) is 2.02. The van der Waals surface area contributed by atoms with Crippen molar-refractivity contribution in [2.45, 2.75) is 20.5 Å². The molecule has 0 unspecified atom stereocenters. The van der Waals surface area contributed by atoms with Crippen molar-refractivity contribution < 1.29 is 19.0 Å². The van der Waals surface area contributed by atoms with Gasteiger partial charge < -0.3 is 9.84 Å². The lowest BCUT2D eigenvalue weighted by molar-refractivity contribution is 0.0693. The molecule has 1 N–H and O–H groups in total. The van der Waals surface area contributed by atoms with Crippen LogP contribution >= 0.6 is 11.6 Å². The molecule has 5 heteroatoms. The Balaban J connectivity index is 2.22. The molecule has 21 heavy (non-hydrogen) atoms. The van der Waals surface area contributed by atoms with E-state index in [4.69, 9.17) is 21.4 Å². The zero-order valence-corrected chi connectivity index (χ0v) is 12.4. The van der Waals surface area contributed by atoms with Crippen molar-refractivity contribution in [1.82, 2.24) is 0 Å². The first kappa shape index (κ1) is 15.3. The van der Waals surface area contributed by atoms with Crippen LogP contribution in [0.4, 0.5) is 4.39 Å². The quantitative estimate of drug-likeness (QED) is 0.912. The summed E-state index contributed by atoms with van der Waals surface area (Å²) >= 11 is 6.08. The van der Waals surface area contributed by atoms with E-state index in [-0.39, 0.29) is 12.2 Å². The summed E-state index contributed by atoms with van der Waals surface area (Å²) in [6.45, 7) is 3.77. The summed E-state index contributed by atoms with van der Waals surface area (Å²) in [5.41, 5.74) is 2.07. The van der Waals surface area contributed by atoms with E-state index in [1.54, 1.807) is 12.1 Å². The first-order chi connectivity index (χ1) is 9.88. The highest BCUT2D eigenvalue weighted by atomic mass is 35.5. The standard InChI is InChI=1S/C16H14ClFO3/c1-9-5-13(6-10(2)15(9)17)21-8-11-3-4-12(18)7-14(11)16(19)20/h3-7H,8H2,1-2H3,(H,19,20). The number of benzene rings is 2. The van der Waals surface area contributed by atoms with Crippen molar-refractivity contribution in [1.29, 1.82) is 0 Å². The third-order valence-electron chi connectivity index (χ3n) is 3.11. The van der Waals surface area contributed by atoms with E-state index in [1.165, 1.54) is 12.1 Å². The number of hydrogen-bond acceptors (Lipinski definition) is 2. The van der Waals surface area contributed by atoms with E-state index in [1.807, 2.05) is 13.8 Å². The molecule has 0 aliphatic rings. The molecule has 0 fully saturated rings. The van der Waals surface area contributed by atoms with Crippen molar-refractivity contribution in [3.05, 3.63) is 63.4 Å². The largest absolute Gasteiger partial charge is 0.489 e. The second kappa shape index (κ2) is 6.14. The average molecular weight is 309 g/mol. The summed E-state index contributed by atoms with van der Waals surface area (Å²) in [7, 11) is 0. The summed E-state index contributed by atoms with van der Waals surface area (Å²) < 4.78 is 18.7. The zero-order valence-electron chi connectivity index (χ0n) is 11.6. The number of aryl methyl sites for hydroxylation is 2. The summed E-state index contributed by atoms with van der Waals surface area (Å²) in [4.78, 5) is 11.1. The second-order valence-electron chi connectivity index (χ2n) is 4.77. The molecule has 0 heterocycles. The van der Waals surface area contributed by atoms with Crippen molar-refractivity contribution in [3.8, 4) is 5.75 Å². The molecule has 0 spiro atoms. The molecule has 2 aromatic carbocycles. The number of rotatable bonds is 4. The Kier molecular flexibility index (Phi) is 4.48. The predicted octanol–water partition coefficient (Wildman–Crippen LogP) is 4.37. The Bertz CT molecular complexity index is 675. The third-order valence-corrected chi connectivity index (χ3v) is 3.70. The Morgan fingerprint density at radius 2 is 1.86 bits per heavy atom. The van der Waals surface area contributed by atoms with Gasteiger partial charge in [-0.3, -0.25) is 0 Å². The highest BCUT2D eigenvalue weighted by molar-refractivity contribution is 6.32. The fraction of sp³-hybridized carbons (Fsp3) is 0.188. The Labute approximate surface area is 126 Å². The summed E-state index contributed by atoms with van der Waals surface area (Å²) in [5, 5.41) is 9.75. The van der Waals surface area contributed by atoms with Gasteiger partial charge in [0.1, 0.15) is 18.2 Å². The van der Waals surface area contributed by atoms with E-state index < -0.39 is 11.8 Å². The molecule has 2 aromatic rings. The number of aromatic carboxylic acids is 1. The Hall–Kier alpha value is -2.07. The highest BCUT2D eigenvalue weighted by Gasteiger charge is 2.12. The van der Waals surface area contributed by atoms with Gasteiger partial charge in [0.15, 0.2) is 0 Å². The van der Waals surface area contributed by atoms with Crippen LogP contribution in [-0.2, 0) is 6.61 Å². The number of hydrogen-bond donors (Lipinski definition) is 1. The van der Waals surface area contributed by atoms with Gasteiger partial charge >= 0.3 is 5.97 Å². The average Bonchev–Trinajstić information content (AvgIpc) is 2.43. The van der Waals surface area contributed by atoms with Gasteiger partial charge in [-0.1, -0.05) is 17.7 Å². The molecule has 0 aliphatic carbocycles. The molecule has 3 nitrogen and oxygen atoms in total.